The van der Waals surface area contributed by atoms with Crippen LogP contribution in [0.25, 0.3) is 92.2 Å². The fourth-order valence-electron chi connectivity index (χ4n) is 8.33. The predicted molar refractivity (Wildman–Crippen MR) is 229 cm³/mol. The van der Waals surface area contributed by atoms with E-state index in [1.165, 1.54) is 36.5 Å². The number of nitrogens with zero attached hydrogens (tertiary/aromatic N) is 3. The SMILES string of the molecule is c1ccc(-c2nc3ccc4oc5cc(N(c6ccc7c(c6)sc6ccccc67)c6ccc7c8ccccc8n(-c8ccccc8)c7c6)ccc5c4c3o2)cc1. The Morgan fingerprint density at radius 1 is 0.473 bits per heavy atom. The van der Waals surface area contributed by atoms with Crippen molar-refractivity contribution in [3.8, 4) is 17.1 Å². The molecule has 4 aromatic heterocycles. The van der Waals surface area contributed by atoms with Crippen molar-refractivity contribution in [2.24, 2.45) is 0 Å². The summed E-state index contributed by atoms with van der Waals surface area (Å²) in [7, 11) is 0. The van der Waals surface area contributed by atoms with Gasteiger partial charge in [0.2, 0.25) is 5.89 Å². The summed E-state index contributed by atoms with van der Waals surface area (Å²) < 4.78 is 18.0. The summed E-state index contributed by atoms with van der Waals surface area (Å²) in [6.45, 7) is 0. The fourth-order valence-corrected chi connectivity index (χ4v) is 9.47. The molecule has 0 saturated heterocycles. The molecule has 55 heavy (non-hydrogen) atoms. The van der Waals surface area contributed by atoms with Gasteiger partial charge in [0.25, 0.3) is 0 Å². The molecular formula is C49H29N3O2S. The van der Waals surface area contributed by atoms with E-state index >= 15 is 0 Å². The van der Waals surface area contributed by atoms with Gasteiger partial charge in [0.1, 0.15) is 16.7 Å². The number of para-hydroxylation sites is 2. The summed E-state index contributed by atoms with van der Waals surface area (Å²) in [5.74, 6) is 0.597. The summed E-state index contributed by atoms with van der Waals surface area (Å²) in [6, 6.07) is 62.1. The number of fused-ring (bicyclic) bond motifs is 11. The number of thiophene rings is 1. The van der Waals surface area contributed by atoms with E-state index in [-0.39, 0.29) is 0 Å². The zero-order valence-corrected chi connectivity index (χ0v) is 30.1. The molecule has 0 amide bonds. The standard InChI is InChI=1S/C49H29N3O2S/c1-3-11-30(12-4-1)49-50-40-25-26-43-47(48(40)54-49)39-24-21-33(28-44(39)53-43)51(34-20-23-38-37-16-8-10-18-45(37)55-46(38)29-34)32-19-22-36-35-15-7-9-17-41(35)52(42(36)27-32)31-13-5-2-6-14-31/h1-29H. The van der Waals surface area contributed by atoms with Crippen molar-refractivity contribution >= 4 is 103 Å². The van der Waals surface area contributed by atoms with Crippen LogP contribution in [-0.4, -0.2) is 9.55 Å². The van der Waals surface area contributed by atoms with Gasteiger partial charge in [-0.2, -0.15) is 0 Å². The monoisotopic (exact) mass is 723 g/mol. The molecule has 8 aromatic carbocycles. The highest BCUT2D eigenvalue weighted by atomic mass is 32.1. The molecule has 0 spiro atoms. The first-order valence-electron chi connectivity index (χ1n) is 18.4. The van der Waals surface area contributed by atoms with E-state index in [1.807, 2.05) is 53.8 Å². The first kappa shape index (κ1) is 30.3. The average Bonchev–Trinajstić information content (AvgIpc) is 4.01. The molecule has 0 N–H and O–H groups in total. The van der Waals surface area contributed by atoms with Gasteiger partial charge in [-0.25, -0.2) is 4.98 Å². The van der Waals surface area contributed by atoms with Crippen LogP contribution in [-0.2, 0) is 0 Å². The predicted octanol–water partition coefficient (Wildman–Crippen LogP) is 14.3. The maximum atomic E-state index is 6.62. The van der Waals surface area contributed by atoms with Gasteiger partial charge in [-0.15, -0.1) is 11.3 Å². The highest BCUT2D eigenvalue weighted by Crippen LogP contribution is 2.45. The highest BCUT2D eigenvalue weighted by molar-refractivity contribution is 7.25. The van der Waals surface area contributed by atoms with Crippen molar-refractivity contribution in [2.45, 2.75) is 0 Å². The zero-order chi connectivity index (χ0) is 36.0. The maximum Gasteiger partial charge on any atom is 0.227 e. The quantitative estimate of drug-likeness (QED) is 0.177. The van der Waals surface area contributed by atoms with Gasteiger partial charge in [0, 0.05) is 70.7 Å². The molecule has 0 atom stereocenters. The topological polar surface area (TPSA) is 47.3 Å². The van der Waals surface area contributed by atoms with Crippen molar-refractivity contribution < 1.29 is 8.83 Å². The first-order chi connectivity index (χ1) is 27.2. The smallest absolute Gasteiger partial charge is 0.227 e. The number of anilines is 3. The lowest BCUT2D eigenvalue weighted by atomic mass is 10.1. The molecule has 12 rings (SSSR count). The van der Waals surface area contributed by atoms with E-state index < -0.39 is 0 Å². The highest BCUT2D eigenvalue weighted by Gasteiger charge is 2.21. The molecule has 5 nitrogen and oxygen atoms in total. The van der Waals surface area contributed by atoms with Crippen LogP contribution in [0.1, 0.15) is 0 Å². The minimum absolute atomic E-state index is 0.597. The maximum absolute atomic E-state index is 6.62. The Morgan fingerprint density at radius 2 is 1.13 bits per heavy atom. The number of hydrogen-bond donors (Lipinski definition) is 0. The van der Waals surface area contributed by atoms with Crippen molar-refractivity contribution in [3.63, 3.8) is 0 Å². The molecule has 0 radical (unpaired) electrons. The van der Waals surface area contributed by atoms with Gasteiger partial charge >= 0.3 is 0 Å². The molecule has 6 heteroatoms. The van der Waals surface area contributed by atoms with Crippen molar-refractivity contribution in [1.82, 2.24) is 9.55 Å². The van der Waals surface area contributed by atoms with Crippen LogP contribution < -0.4 is 4.90 Å². The van der Waals surface area contributed by atoms with E-state index in [2.05, 4.69) is 143 Å². The second-order valence-corrected chi connectivity index (χ2v) is 15.0. The molecule has 4 heterocycles. The summed E-state index contributed by atoms with van der Waals surface area (Å²) in [4.78, 5) is 7.18. The number of furan rings is 1. The Labute approximate surface area is 318 Å². The van der Waals surface area contributed by atoms with E-state index in [9.17, 15) is 0 Å². The van der Waals surface area contributed by atoms with Crippen LogP contribution in [0.5, 0.6) is 0 Å². The lowest BCUT2D eigenvalue weighted by Crippen LogP contribution is -2.10. The number of oxazole rings is 1. The van der Waals surface area contributed by atoms with E-state index in [0.29, 0.717) is 5.89 Å². The molecule has 0 unspecified atom stereocenters. The Balaban J connectivity index is 1.09. The van der Waals surface area contributed by atoms with Crippen LogP contribution in [0.3, 0.4) is 0 Å². The van der Waals surface area contributed by atoms with Gasteiger partial charge in [-0.05, 0) is 84.9 Å². The molecule has 0 aliphatic heterocycles. The lowest BCUT2D eigenvalue weighted by molar-refractivity contribution is 0.622. The number of rotatable bonds is 5. The molecule has 0 bridgehead atoms. The molecular weight excluding hydrogens is 695 g/mol. The Hall–Kier alpha value is -7.15. The molecule has 258 valence electrons. The second-order valence-electron chi connectivity index (χ2n) is 14.0. The Morgan fingerprint density at radius 3 is 1.98 bits per heavy atom. The van der Waals surface area contributed by atoms with Crippen molar-refractivity contribution in [2.75, 3.05) is 4.90 Å². The van der Waals surface area contributed by atoms with Gasteiger partial charge in [-0.1, -0.05) is 84.9 Å². The summed E-state index contributed by atoms with van der Waals surface area (Å²) in [5.41, 5.74) is 10.6. The third-order valence-electron chi connectivity index (χ3n) is 10.8. The largest absolute Gasteiger partial charge is 0.456 e. The van der Waals surface area contributed by atoms with E-state index in [4.69, 9.17) is 13.8 Å². The molecule has 0 saturated carbocycles. The second kappa shape index (κ2) is 11.7. The van der Waals surface area contributed by atoms with E-state index in [0.717, 1.165) is 66.9 Å². The van der Waals surface area contributed by atoms with Crippen LogP contribution in [0.15, 0.2) is 185 Å². The number of hydrogen-bond acceptors (Lipinski definition) is 5. The molecule has 0 aliphatic rings. The van der Waals surface area contributed by atoms with Crippen LogP contribution in [0.2, 0.25) is 0 Å². The molecule has 12 aromatic rings. The summed E-state index contributed by atoms with van der Waals surface area (Å²) in [5, 5.41) is 6.90. The van der Waals surface area contributed by atoms with Crippen LogP contribution in [0, 0.1) is 0 Å². The third kappa shape index (κ3) is 4.62. The number of benzene rings is 8. The lowest BCUT2D eigenvalue weighted by Gasteiger charge is -2.26. The zero-order valence-electron chi connectivity index (χ0n) is 29.3. The molecule has 0 aliphatic carbocycles. The van der Waals surface area contributed by atoms with Crippen molar-refractivity contribution in [3.05, 3.63) is 176 Å². The minimum Gasteiger partial charge on any atom is -0.456 e. The van der Waals surface area contributed by atoms with Crippen LogP contribution >= 0.6 is 11.3 Å². The van der Waals surface area contributed by atoms with E-state index in [1.54, 1.807) is 0 Å². The normalized spacial score (nSPS) is 12.0. The number of aromatic nitrogens is 2. The van der Waals surface area contributed by atoms with Gasteiger partial charge in [0.15, 0.2) is 5.58 Å². The van der Waals surface area contributed by atoms with Gasteiger partial charge < -0.3 is 18.3 Å². The van der Waals surface area contributed by atoms with Gasteiger partial charge in [-0.3, -0.25) is 0 Å². The summed E-state index contributed by atoms with van der Waals surface area (Å²) >= 11 is 1.83. The first-order valence-corrected chi connectivity index (χ1v) is 19.2. The average molecular weight is 724 g/mol. The molecule has 0 fully saturated rings. The van der Waals surface area contributed by atoms with Gasteiger partial charge in [0.05, 0.1) is 16.4 Å². The van der Waals surface area contributed by atoms with Crippen molar-refractivity contribution in [1.29, 1.82) is 0 Å². The van der Waals surface area contributed by atoms with Crippen LogP contribution in [0.4, 0.5) is 17.1 Å². The third-order valence-corrected chi connectivity index (χ3v) is 11.9. The Kier molecular flexibility index (Phi) is 6.44. The minimum atomic E-state index is 0.597. The fraction of sp³-hybridized carbons (Fsp3) is 0. The Bertz CT molecular complexity index is 3450. The summed E-state index contributed by atoms with van der Waals surface area (Å²) in [6.07, 6.45) is 0.